The van der Waals surface area contributed by atoms with Gasteiger partial charge in [0.25, 0.3) is 0 Å². The standard InChI is InChI=1S/C15H24N2O3S/c1-11-8-12(2)10-13(9-11)4-6-17-15(18)14(16)5-7-21(3,19)20/h8-10,14H,4-7,16H2,1-3H3,(H,17,18). The van der Waals surface area contributed by atoms with Gasteiger partial charge in [-0.05, 0) is 32.3 Å². The summed E-state index contributed by atoms with van der Waals surface area (Å²) in [6.45, 7) is 4.57. The molecule has 0 radical (unpaired) electrons. The van der Waals surface area contributed by atoms with Crippen molar-refractivity contribution in [2.75, 3.05) is 18.6 Å². The van der Waals surface area contributed by atoms with Crippen LogP contribution >= 0.6 is 0 Å². The molecule has 6 heteroatoms. The fourth-order valence-corrected chi connectivity index (χ4v) is 2.83. The normalized spacial score (nSPS) is 13.0. The molecule has 0 fully saturated rings. The topological polar surface area (TPSA) is 89.3 Å². The molecule has 118 valence electrons. The molecule has 0 aliphatic rings. The lowest BCUT2D eigenvalue weighted by atomic mass is 10.1. The van der Waals surface area contributed by atoms with Crippen LogP contribution in [0.5, 0.6) is 0 Å². The molecular formula is C15H24N2O3S. The van der Waals surface area contributed by atoms with E-state index in [0.717, 1.165) is 18.2 Å². The Bertz CT molecular complexity index is 577. The minimum Gasteiger partial charge on any atom is -0.354 e. The van der Waals surface area contributed by atoms with Gasteiger partial charge in [-0.3, -0.25) is 4.79 Å². The van der Waals surface area contributed by atoms with Crippen molar-refractivity contribution in [3.05, 3.63) is 34.9 Å². The van der Waals surface area contributed by atoms with Crippen molar-refractivity contribution in [3.8, 4) is 0 Å². The quantitative estimate of drug-likeness (QED) is 0.776. The lowest BCUT2D eigenvalue weighted by molar-refractivity contribution is -0.122. The zero-order valence-electron chi connectivity index (χ0n) is 12.8. The van der Waals surface area contributed by atoms with Crippen LogP contribution in [0.15, 0.2) is 18.2 Å². The Morgan fingerprint density at radius 3 is 2.33 bits per heavy atom. The van der Waals surface area contributed by atoms with Gasteiger partial charge in [-0.15, -0.1) is 0 Å². The molecule has 0 spiro atoms. The molecule has 0 aromatic heterocycles. The van der Waals surface area contributed by atoms with Crippen LogP contribution < -0.4 is 11.1 Å². The second-order valence-electron chi connectivity index (χ2n) is 5.56. The number of nitrogens with two attached hydrogens (primary N) is 1. The van der Waals surface area contributed by atoms with Gasteiger partial charge in [-0.1, -0.05) is 29.3 Å². The highest BCUT2D eigenvalue weighted by molar-refractivity contribution is 7.90. The molecular weight excluding hydrogens is 288 g/mol. The molecule has 0 aliphatic heterocycles. The number of nitrogens with one attached hydrogen (secondary N) is 1. The molecule has 0 saturated carbocycles. The highest BCUT2D eigenvalue weighted by Crippen LogP contribution is 2.09. The molecule has 0 bridgehead atoms. The van der Waals surface area contributed by atoms with E-state index in [0.29, 0.717) is 6.54 Å². The van der Waals surface area contributed by atoms with E-state index in [2.05, 4.69) is 23.5 Å². The van der Waals surface area contributed by atoms with Gasteiger partial charge in [0.05, 0.1) is 11.8 Å². The Balaban J connectivity index is 2.39. The van der Waals surface area contributed by atoms with Crippen molar-refractivity contribution in [1.82, 2.24) is 5.32 Å². The van der Waals surface area contributed by atoms with E-state index >= 15 is 0 Å². The Morgan fingerprint density at radius 1 is 1.24 bits per heavy atom. The average Bonchev–Trinajstić information content (AvgIpc) is 2.33. The van der Waals surface area contributed by atoms with Gasteiger partial charge < -0.3 is 11.1 Å². The zero-order valence-corrected chi connectivity index (χ0v) is 13.7. The lowest BCUT2D eigenvalue weighted by Gasteiger charge is -2.12. The Labute approximate surface area is 126 Å². The monoisotopic (exact) mass is 312 g/mol. The first-order chi connectivity index (χ1) is 9.67. The predicted octanol–water partition coefficient (Wildman–Crippen LogP) is 0.724. The number of sulfone groups is 1. The minimum absolute atomic E-state index is 0.0708. The van der Waals surface area contributed by atoms with Crippen LogP contribution in [-0.2, 0) is 21.1 Å². The number of hydrogen-bond acceptors (Lipinski definition) is 4. The number of aryl methyl sites for hydroxylation is 2. The van der Waals surface area contributed by atoms with Gasteiger partial charge in [-0.2, -0.15) is 0 Å². The van der Waals surface area contributed by atoms with Crippen LogP contribution in [0.2, 0.25) is 0 Å². The van der Waals surface area contributed by atoms with Gasteiger partial charge in [0.2, 0.25) is 5.91 Å². The van der Waals surface area contributed by atoms with E-state index in [1.165, 1.54) is 11.1 Å². The van der Waals surface area contributed by atoms with Crippen LogP contribution in [0.3, 0.4) is 0 Å². The van der Waals surface area contributed by atoms with Crippen molar-refractivity contribution in [2.45, 2.75) is 32.7 Å². The minimum atomic E-state index is -3.09. The third-order valence-electron chi connectivity index (χ3n) is 3.13. The van der Waals surface area contributed by atoms with Crippen LogP contribution in [0.25, 0.3) is 0 Å². The number of carbonyl (C=O) groups is 1. The number of amides is 1. The van der Waals surface area contributed by atoms with E-state index in [-0.39, 0.29) is 18.1 Å². The van der Waals surface area contributed by atoms with Gasteiger partial charge in [0.1, 0.15) is 9.84 Å². The van der Waals surface area contributed by atoms with Crippen molar-refractivity contribution in [1.29, 1.82) is 0 Å². The average molecular weight is 312 g/mol. The summed E-state index contributed by atoms with van der Waals surface area (Å²) >= 11 is 0. The van der Waals surface area contributed by atoms with E-state index in [1.54, 1.807) is 0 Å². The molecule has 0 heterocycles. The van der Waals surface area contributed by atoms with Crippen molar-refractivity contribution in [2.24, 2.45) is 5.73 Å². The third kappa shape index (κ3) is 7.24. The van der Waals surface area contributed by atoms with E-state index in [9.17, 15) is 13.2 Å². The lowest BCUT2D eigenvalue weighted by Crippen LogP contribution is -2.42. The van der Waals surface area contributed by atoms with E-state index < -0.39 is 15.9 Å². The summed E-state index contributed by atoms with van der Waals surface area (Å²) in [6, 6.07) is 5.49. The number of carbonyl (C=O) groups excluding carboxylic acids is 1. The second kappa shape index (κ2) is 7.56. The first-order valence-corrected chi connectivity index (χ1v) is 9.01. The van der Waals surface area contributed by atoms with Crippen LogP contribution in [0.1, 0.15) is 23.1 Å². The van der Waals surface area contributed by atoms with Crippen LogP contribution in [0.4, 0.5) is 0 Å². The summed E-state index contributed by atoms with van der Waals surface area (Å²) in [4.78, 5) is 11.8. The summed E-state index contributed by atoms with van der Waals surface area (Å²) in [5.74, 6) is -0.374. The summed E-state index contributed by atoms with van der Waals surface area (Å²) in [6.07, 6.45) is 2.01. The smallest absolute Gasteiger partial charge is 0.236 e. The molecule has 21 heavy (non-hydrogen) atoms. The molecule has 1 unspecified atom stereocenters. The molecule has 3 N–H and O–H groups in total. The highest BCUT2D eigenvalue weighted by Gasteiger charge is 2.15. The molecule has 1 aromatic rings. The SMILES string of the molecule is Cc1cc(C)cc(CCNC(=O)C(N)CCS(C)(=O)=O)c1. The third-order valence-corrected chi connectivity index (χ3v) is 4.11. The second-order valence-corrected chi connectivity index (χ2v) is 7.82. The van der Waals surface area contributed by atoms with Crippen LogP contribution in [-0.4, -0.2) is 38.9 Å². The fourth-order valence-electron chi connectivity index (χ4n) is 2.15. The maximum atomic E-state index is 11.8. The summed E-state index contributed by atoms with van der Waals surface area (Å²) in [5.41, 5.74) is 9.23. The molecule has 1 atom stereocenters. The van der Waals surface area contributed by atoms with E-state index in [4.69, 9.17) is 5.73 Å². The maximum Gasteiger partial charge on any atom is 0.236 e. The summed E-state index contributed by atoms with van der Waals surface area (Å²) in [5, 5.41) is 2.75. The fraction of sp³-hybridized carbons (Fsp3) is 0.533. The van der Waals surface area contributed by atoms with Gasteiger partial charge in [0.15, 0.2) is 0 Å². The molecule has 5 nitrogen and oxygen atoms in total. The van der Waals surface area contributed by atoms with Crippen molar-refractivity contribution >= 4 is 15.7 Å². The molecule has 0 aliphatic carbocycles. The van der Waals surface area contributed by atoms with Gasteiger partial charge >= 0.3 is 0 Å². The van der Waals surface area contributed by atoms with Crippen LogP contribution in [0, 0.1) is 13.8 Å². The molecule has 1 amide bonds. The Hall–Kier alpha value is -1.40. The number of rotatable bonds is 7. The first kappa shape index (κ1) is 17.7. The Kier molecular flexibility index (Phi) is 6.36. The largest absolute Gasteiger partial charge is 0.354 e. The maximum absolute atomic E-state index is 11.8. The summed E-state index contributed by atoms with van der Waals surface area (Å²) < 4.78 is 22.1. The number of benzene rings is 1. The predicted molar refractivity (Wildman–Crippen MR) is 84.9 cm³/mol. The summed E-state index contributed by atoms with van der Waals surface area (Å²) in [7, 11) is -3.09. The highest BCUT2D eigenvalue weighted by atomic mass is 32.2. The van der Waals surface area contributed by atoms with E-state index in [1.807, 2.05) is 13.8 Å². The molecule has 0 saturated heterocycles. The molecule has 1 aromatic carbocycles. The molecule has 1 rings (SSSR count). The first-order valence-electron chi connectivity index (χ1n) is 6.95. The number of hydrogen-bond donors (Lipinski definition) is 2. The Morgan fingerprint density at radius 2 is 1.81 bits per heavy atom. The van der Waals surface area contributed by atoms with Gasteiger partial charge in [0, 0.05) is 12.8 Å². The zero-order chi connectivity index (χ0) is 16.0. The van der Waals surface area contributed by atoms with Crippen molar-refractivity contribution in [3.63, 3.8) is 0 Å². The van der Waals surface area contributed by atoms with Gasteiger partial charge in [-0.25, -0.2) is 8.42 Å². The van der Waals surface area contributed by atoms with Crippen molar-refractivity contribution < 1.29 is 13.2 Å².